The lowest BCUT2D eigenvalue weighted by Gasteiger charge is -2.08. The highest BCUT2D eigenvalue weighted by Gasteiger charge is 2.11. The van der Waals surface area contributed by atoms with Crippen LogP contribution in [-0.4, -0.2) is 24.9 Å². The summed E-state index contributed by atoms with van der Waals surface area (Å²) in [6, 6.07) is 14.5. The van der Waals surface area contributed by atoms with Crippen LogP contribution < -0.4 is 10.9 Å². The Hall–Kier alpha value is -3.15. The molecule has 0 bridgehead atoms. The van der Waals surface area contributed by atoms with Gasteiger partial charge in [-0.3, -0.25) is 20.4 Å². The molecule has 0 saturated carbocycles. The van der Waals surface area contributed by atoms with Crippen molar-refractivity contribution in [3.05, 3.63) is 71.3 Å². The zero-order chi connectivity index (χ0) is 15.9. The van der Waals surface area contributed by atoms with Gasteiger partial charge in [-0.05, 0) is 30.3 Å². The van der Waals surface area contributed by atoms with Crippen molar-refractivity contribution < 1.29 is 19.1 Å². The number of ether oxygens (including phenoxy) is 1. The van der Waals surface area contributed by atoms with Gasteiger partial charge in [-0.2, -0.15) is 0 Å². The van der Waals surface area contributed by atoms with E-state index in [0.29, 0.717) is 5.56 Å². The summed E-state index contributed by atoms with van der Waals surface area (Å²) in [4.78, 5) is 35.2. The lowest BCUT2D eigenvalue weighted by atomic mass is 10.1. The van der Waals surface area contributed by atoms with E-state index in [2.05, 4.69) is 15.6 Å². The minimum absolute atomic E-state index is 0.233. The number of benzene rings is 2. The molecular formula is C16H14N2O4. The van der Waals surface area contributed by atoms with Crippen molar-refractivity contribution in [2.24, 2.45) is 0 Å². The first kappa shape index (κ1) is 15.2. The molecule has 6 nitrogen and oxygen atoms in total. The first-order valence-corrected chi connectivity index (χ1v) is 6.46. The van der Waals surface area contributed by atoms with Crippen molar-refractivity contribution in [3.8, 4) is 0 Å². The number of carbonyl (C=O) groups excluding carboxylic acids is 3. The molecule has 0 radical (unpaired) electrons. The van der Waals surface area contributed by atoms with Crippen molar-refractivity contribution in [1.29, 1.82) is 0 Å². The number of hydrazine groups is 1. The van der Waals surface area contributed by atoms with Gasteiger partial charge in [0.1, 0.15) is 0 Å². The van der Waals surface area contributed by atoms with Crippen LogP contribution in [0.4, 0.5) is 0 Å². The van der Waals surface area contributed by atoms with Crippen molar-refractivity contribution >= 4 is 17.8 Å². The molecule has 0 heterocycles. The standard InChI is InChI=1S/C16H14N2O4/c1-22-16(21)13-9-5-8-12(10-13)15(20)18-17-14(19)11-6-3-2-4-7-11/h2-10H,1H3,(H,17,19)(H,18,20). The Morgan fingerprint density at radius 2 is 1.32 bits per heavy atom. The van der Waals surface area contributed by atoms with Gasteiger partial charge in [0.05, 0.1) is 12.7 Å². The van der Waals surface area contributed by atoms with Crippen molar-refractivity contribution in [3.63, 3.8) is 0 Å². The van der Waals surface area contributed by atoms with Crippen LogP contribution in [0, 0.1) is 0 Å². The number of hydrogen-bond donors (Lipinski definition) is 2. The molecule has 0 aromatic heterocycles. The number of esters is 1. The SMILES string of the molecule is COC(=O)c1cccc(C(=O)NNC(=O)c2ccccc2)c1. The van der Waals surface area contributed by atoms with E-state index in [1.807, 2.05) is 0 Å². The van der Waals surface area contributed by atoms with Gasteiger partial charge < -0.3 is 4.74 Å². The van der Waals surface area contributed by atoms with Crippen molar-refractivity contribution in [2.45, 2.75) is 0 Å². The molecule has 2 amide bonds. The Labute approximate surface area is 127 Å². The largest absolute Gasteiger partial charge is 0.465 e. The average Bonchev–Trinajstić information content (AvgIpc) is 2.59. The van der Waals surface area contributed by atoms with E-state index in [0.717, 1.165) is 0 Å². The van der Waals surface area contributed by atoms with Gasteiger partial charge in [-0.1, -0.05) is 24.3 Å². The maximum Gasteiger partial charge on any atom is 0.337 e. The summed E-state index contributed by atoms with van der Waals surface area (Å²) in [6.45, 7) is 0. The summed E-state index contributed by atoms with van der Waals surface area (Å²) in [5.74, 6) is -1.50. The summed E-state index contributed by atoms with van der Waals surface area (Å²) in [5.41, 5.74) is 5.51. The zero-order valence-corrected chi connectivity index (χ0v) is 11.8. The Balaban J connectivity index is 2.01. The number of methoxy groups -OCH3 is 1. The third-order valence-corrected chi connectivity index (χ3v) is 2.87. The molecular weight excluding hydrogens is 284 g/mol. The predicted molar refractivity (Wildman–Crippen MR) is 79.2 cm³/mol. The smallest absolute Gasteiger partial charge is 0.337 e. The van der Waals surface area contributed by atoms with Crippen LogP contribution in [0.15, 0.2) is 54.6 Å². The molecule has 6 heteroatoms. The predicted octanol–water partition coefficient (Wildman–Crippen LogP) is 1.55. The molecule has 0 saturated heterocycles. The second kappa shape index (κ2) is 7.03. The molecule has 0 spiro atoms. The average molecular weight is 298 g/mol. The van der Waals surface area contributed by atoms with Crippen LogP contribution in [0.1, 0.15) is 31.1 Å². The van der Waals surface area contributed by atoms with Crippen LogP contribution in [-0.2, 0) is 4.74 Å². The fourth-order valence-corrected chi connectivity index (χ4v) is 1.75. The van der Waals surface area contributed by atoms with E-state index in [1.54, 1.807) is 36.4 Å². The van der Waals surface area contributed by atoms with Gasteiger partial charge in [0, 0.05) is 11.1 Å². The topological polar surface area (TPSA) is 84.5 Å². The Morgan fingerprint density at radius 3 is 1.95 bits per heavy atom. The lowest BCUT2D eigenvalue weighted by molar-refractivity contribution is 0.0600. The number of amides is 2. The third-order valence-electron chi connectivity index (χ3n) is 2.87. The fourth-order valence-electron chi connectivity index (χ4n) is 1.75. The second-order valence-electron chi connectivity index (χ2n) is 4.35. The molecule has 0 aliphatic rings. The summed E-state index contributed by atoms with van der Waals surface area (Å²) in [5, 5.41) is 0. The monoisotopic (exact) mass is 298 g/mol. The molecule has 2 aromatic rings. The molecule has 0 fully saturated rings. The van der Waals surface area contributed by atoms with Gasteiger partial charge in [0.15, 0.2) is 0 Å². The first-order valence-electron chi connectivity index (χ1n) is 6.46. The van der Waals surface area contributed by atoms with E-state index in [4.69, 9.17) is 0 Å². The molecule has 2 rings (SSSR count). The van der Waals surface area contributed by atoms with Gasteiger partial charge in [0.25, 0.3) is 11.8 Å². The van der Waals surface area contributed by atoms with E-state index in [1.165, 1.54) is 25.3 Å². The number of hydrogen-bond acceptors (Lipinski definition) is 4. The molecule has 0 unspecified atom stereocenters. The quantitative estimate of drug-likeness (QED) is 0.665. The minimum Gasteiger partial charge on any atom is -0.465 e. The van der Waals surface area contributed by atoms with Gasteiger partial charge in [0.2, 0.25) is 0 Å². The highest BCUT2D eigenvalue weighted by atomic mass is 16.5. The molecule has 22 heavy (non-hydrogen) atoms. The van der Waals surface area contributed by atoms with Gasteiger partial charge in [-0.25, -0.2) is 4.79 Å². The summed E-state index contributed by atoms with van der Waals surface area (Å²) in [7, 11) is 1.26. The molecule has 0 aliphatic heterocycles. The van der Waals surface area contributed by atoms with Crippen LogP contribution in [0.3, 0.4) is 0 Å². The van der Waals surface area contributed by atoms with Crippen LogP contribution in [0.2, 0.25) is 0 Å². The van der Waals surface area contributed by atoms with E-state index < -0.39 is 17.8 Å². The van der Waals surface area contributed by atoms with E-state index in [9.17, 15) is 14.4 Å². The highest BCUT2D eigenvalue weighted by Crippen LogP contribution is 2.06. The van der Waals surface area contributed by atoms with Gasteiger partial charge in [-0.15, -0.1) is 0 Å². The zero-order valence-electron chi connectivity index (χ0n) is 11.8. The normalized spacial score (nSPS) is 9.68. The maximum atomic E-state index is 12.0. The van der Waals surface area contributed by atoms with Gasteiger partial charge >= 0.3 is 5.97 Å². The lowest BCUT2D eigenvalue weighted by Crippen LogP contribution is -2.41. The number of rotatable bonds is 3. The van der Waals surface area contributed by atoms with E-state index in [-0.39, 0.29) is 11.1 Å². The van der Waals surface area contributed by atoms with Crippen LogP contribution in [0.25, 0.3) is 0 Å². The minimum atomic E-state index is -0.539. The summed E-state index contributed by atoms with van der Waals surface area (Å²) < 4.78 is 4.59. The molecule has 0 atom stereocenters. The number of nitrogens with one attached hydrogen (secondary N) is 2. The second-order valence-corrected chi connectivity index (χ2v) is 4.35. The molecule has 2 aromatic carbocycles. The molecule has 112 valence electrons. The fraction of sp³-hybridized carbons (Fsp3) is 0.0625. The molecule has 2 N–H and O–H groups in total. The number of carbonyl (C=O) groups is 3. The Kier molecular flexibility index (Phi) is 4.87. The van der Waals surface area contributed by atoms with Crippen molar-refractivity contribution in [2.75, 3.05) is 7.11 Å². The molecule has 0 aliphatic carbocycles. The summed E-state index contributed by atoms with van der Waals surface area (Å²) in [6.07, 6.45) is 0. The van der Waals surface area contributed by atoms with E-state index >= 15 is 0 Å². The van der Waals surface area contributed by atoms with Crippen LogP contribution in [0.5, 0.6) is 0 Å². The Morgan fingerprint density at radius 1 is 0.773 bits per heavy atom. The maximum absolute atomic E-state index is 12.0. The first-order chi connectivity index (χ1) is 10.6. The highest BCUT2D eigenvalue weighted by molar-refractivity contribution is 6.00. The van der Waals surface area contributed by atoms with Crippen molar-refractivity contribution in [1.82, 2.24) is 10.9 Å². The summed E-state index contributed by atoms with van der Waals surface area (Å²) >= 11 is 0. The Bertz CT molecular complexity index is 698. The van der Waals surface area contributed by atoms with Crippen LogP contribution >= 0.6 is 0 Å². The third kappa shape index (κ3) is 3.69.